The Morgan fingerprint density at radius 3 is 2.52 bits per heavy atom. The summed E-state index contributed by atoms with van der Waals surface area (Å²) in [5, 5.41) is 2.89. The Bertz CT molecular complexity index is 466. The van der Waals surface area contributed by atoms with Crippen molar-refractivity contribution >= 4 is 29.3 Å². The van der Waals surface area contributed by atoms with E-state index in [1.54, 1.807) is 0 Å². The molecule has 0 aromatic heterocycles. The van der Waals surface area contributed by atoms with Crippen LogP contribution in [0.2, 0.25) is 0 Å². The number of anilines is 1. The number of hydrogen-bond acceptors (Lipinski definition) is 4. The van der Waals surface area contributed by atoms with Crippen molar-refractivity contribution in [2.24, 2.45) is 11.5 Å². The van der Waals surface area contributed by atoms with Gasteiger partial charge in [-0.25, -0.2) is 0 Å². The number of para-hydroxylation sites is 1. The van der Waals surface area contributed by atoms with Gasteiger partial charge in [0.1, 0.15) is 0 Å². The molecule has 0 atom stereocenters. The van der Waals surface area contributed by atoms with E-state index < -0.39 is 0 Å². The molecule has 0 heterocycles. The number of unbranched alkanes of at least 4 members (excludes halogenated alkanes) is 3. The van der Waals surface area contributed by atoms with E-state index in [0.29, 0.717) is 13.0 Å². The highest BCUT2D eigenvalue weighted by Gasteiger charge is 2.07. The Kier molecular flexibility index (Phi) is 8.54. The third-order valence-electron chi connectivity index (χ3n) is 2.89. The first-order valence-electron chi connectivity index (χ1n) is 7.13. The fraction of sp³-hybridized carbons (Fsp3) is 0.467. The van der Waals surface area contributed by atoms with Crippen LogP contribution in [-0.2, 0) is 9.59 Å². The lowest BCUT2D eigenvalue weighted by molar-refractivity contribution is -0.116. The average Bonchev–Trinajstić information content (AvgIpc) is 2.46. The number of nitrogens with one attached hydrogen (secondary N) is 1. The van der Waals surface area contributed by atoms with E-state index >= 15 is 0 Å². The van der Waals surface area contributed by atoms with Crippen molar-refractivity contribution in [1.82, 2.24) is 0 Å². The van der Waals surface area contributed by atoms with Crippen LogP contribution in [0.5, 0.6) is 0 Å². The molecule has 0 spiro atoms. The van der Waals surface area contributed by atoms with Crippen LogP contribution in [0.15, 0.2) is 29.2 Å². The lowest BCUT2D eigenvalue weighted by Crippen LogP contribution is -2.14. The molecule has 0 aliphatic heterocycles. The van der Waals surface area contributed by atoms with Crippen molar-refractivity contribution in [2.75, 3.05) is 17.6 Å². The first kappa shape index (κ1) is 17.5. The summed E-state index contributed by atoms with van der Waals surface area (Å²) in [5.74, 6) is -0.178. The Morgan fingerprint density at radius 1 is 1.10 bits per heavy atom. The zero-order valence-electron chi connectivity index (χ0n) is 12.1. The summed E-state index contributed by atoms with van der Waals surface area (Å²) in [5.41, 5.74) is 11.3. The molecule has 0 saturated carbocycles. The molecule has 21 heavy (non-hydrogen) atoms. The molecule has 5 N–H and O–H groups in total. The number of benzene rings is 1. The van der Waals surface area contributed by atoms with Crippen molar-refractivity contribution in [3.8, 4) is 0 Å². The molecule has 1 rings (SSSR count). The van der Waals surface area contributed by atoms with Crippen LogP contribution in [0.3, 0.4) is 0 Å². The standard InChI is InChI=1S/C15H23N3O2S/c16-10-6-2-1-3-9-15(20)18-12-7-4-5-8-13(12)21-11-14(17)19/h4-5,7-8H,1-3,6,9-11,16H2,(H2,17,19)(H,18,20). The van der Waals surface area contributed by atoms with E-state index in [-0.39, 0.29) is 17.6 Å². The van der Waals surface area contributed by atoms with E-state index in [2.05, 4.69) is 5.32 Å². The van der Waals surface area contributed by atoms with Crippen LogP contribution in [0, 0.1) is 0 Å². The van der Waals surface area contributed by atoms with Gasteiger partial charge >= 0.3 is 0 Å². The number of nitrogens with two attached hydrogens (primary N) is 2. The van der Waals surface area contributed by atoms with Crippen LogP contribution >= 0.6 is 11.8 Å². The maximum Gasteiger partial charge on any atom is 0.227 e. The van der Waals surface area contributed by atoms with Gasteiger partial charge in [0.05, 0.1) is 11.4 Å². The quantitative estimate of drug-likeness (QED) is 0.455. The number of amides is 2. The average molecular weight is 309 g/mol. The van der Waals surface area contributed by atoms with Crippen LogP contribution < -0.4 is 16.8 Å². The van der Waals surface area contributed by atoms with Crippen LogP contribution in [0.4, 0.5) is 5.69 Å². The van der Waals surface area contributed by atoms with Gasteiger partial charge in [0.15, 0.2) is 0 Å². The largest absolute Gasteiger partial charge is 0.369 e. The minimum absolute atomic E-state index is 0.00475. The van der Waals surface area contributed by atoms with Gasteiger partial charge in [-0.15, -0.1) is 11.8 Å². The fourth-order valence-corrected chi connectivity index (χ4v) is 2.59. The lowest BCUT2D eigenvalue weighted by Gasteiger charge is -2.10. The number of thioether (sulfide) groups is 1. The minimum Gasteiger partial charge on any atom is -0.369 e. The second-order valence-corrected chi connectivity index (χ2v) is 5.77. The zero-order chi connectivity index (χ0) is 15.5. The van der Waals surface area contributed by atoms with E-state index in [0.717, 1.165) is 36.3 Å². The topological polar surface area (TPSA) is 98.2 Å². The molecule has 1 aromatic carbocycles. The highest BCUT2D eigenvalue weighted by Crippen LogP contribution is 2.26. The van der Waals surface area contributed by atoms with Crippen molar-refractivity contribution in [3.05, 3.63) is 24.3 Å². The van der Waals surface area contributed by atoms with Gasteiger partial charge < -0.3 is 16.8 Å². The van der Waals surface area contributed by atoms with Crippen molar-refractivity contribution in [3.63, 3.8) is 0 Å². The number of primary amides is 1. The van der Waals surface area contributed by atoms with E-state index in [1.165, 1.54) is 11.8 Å². The molecule has 116 valence electrons. The van der Waals surface area contributed by atoms with Crippen molar-refractivity contribution in [1.29, 1.82) is 0 Å². The van der Waals surface area contributed by atoms with Gasteiger partial charge in [-0.05, 0) is 31.5 Å². The summed E-state index contributed by atoms with van der Waals surface area (Å²) in [7, 11) is 0. The van der Waals surface area contributed by atoms with Crippen LogP contribution in [0.1, 0.15) is 32.1 Å². The molecule has 1 aromatic rings. The SMILES string of the molecule is NCCCCCCC(=O)Nc1ccccc1SCC(N)=O. The highest BCUT2D eigenvalue weighted by molar-refractivity contribution is 8.00. The normalized spacial score (nSPS) is 10.3. The molecule has 5 nitrogen and oxygen atoms in total. The smallest absolute Gasteiger partial charge is 0.227 e. The second-order valence-electron chi connectivity index (χ2n) is 4.75. The number of carbonyl (C=O) groups is 2. The third-order valence-corrected chi connectivity index (χ3v) is 3.98. The molecular weight excluding hydrogens is 286 g/mol. The molecule has 0 aliphatic carbocycles. The number of hydrogen-bond donors (Lipinski definition) is 3. The predicted molar refractivity (Wildman–Crippen MR) is 87.1 cm³/mol. The number of carbonyl (C=O) groups excluding carboxylic acids is 2. The van der Waals surface area contributed by atoms with Gasteiger partial charge in [0.25, 0.3) is 0 Å². The monoisotopic (exact) mass is 309 g/mol. The van der Waals surface area contributed by atoms with Crippen LogP contribution in [0.25, 0.3) is 0 Å². The summed E-state index contributed by atoms with van der Waals surface area (Å²) >= 11 is 1.33. The molecule has 0 unspecified atom stereocenters. The summed E-state index contributed by atoms with van der Waals surface area (Å²) in [6.45, 7) is 0.705. The number of rotatable bonds is 10. The molecule has 0 aliphatic rings. The summed E-state index contributed by atoms with van der Waals surface area (Å²) in [6, 6.07) is 7.41. The first-order chi connectivity index (χ1) is 10.1. The molecule has 0 bridgehead atoms. The Hall–Kier alpha value is -1.53. The van der Waals surface area contributed by atoms with E-state index in [4.69, 9.17) is 11.5 Å². The van der Waals surface area contributed by atoms with Gasteiger partial charge in [-0.3, -0.25) is 9.59 Å². The second kappa shape index (κ2) is 10.2. The van der Waals surface area contributed by atoms with E-state index in [1.807, 2.05) is 24.3 Å². The lowest BCUT2D eigenvalue weighted by atomic mass is 10.1. The Balaban J connectivity index is 2.42. The fourth-order valence-electron chi connectivity index (χ4n) is 1.84. The predicted octanol–water partition coefficient (Wildman–Crippen LogP) is 2.11. The molecule has 2 amide bonds. The maximum atomic E-state index is 11.9. The molecule has 0 fully saturated rings. The zero-order valence-corrected chi connectivity index (χ0v) is 13.0. The van der Waals surface area contributed by atoms with Gasteiger partial charge in [0, 0.05) is 11.3 Å². The van der Waals surface area contributed by atoms with Gasteiger partial charge in [-0.1, -0.05) is 25.0 Å². The molecule has 0 saturated heterocycles. The Labute approximate surface area is 129 Å². The molecule has 6 heteroatoms. The third kappa shape index (κ3) is 7.72. The van der Waals surface area contributed by atoms with Crippen molar-refractivity contribution < 1.29 is 9.59 Å². The summed E-state index contributed by atoms with van der Waals surface area (Å²) < 4.78 is 0. The first-order valence-corrected chi connectivity index (χ1v) is 8.12. The summed E-state index contributed by atoms with van der Waals surface area (Å²) in [4.78, 5) is 23.6. The molecular formula is C15H23N3O2S. The minimum atomic E-state index is -0.374. The van der Waals surface area contributed by atoms with Gasteiger partial charge in [-0.2, -0.15) is 0 Å². The maximum absolute atomic E-state index is 11.9. The Morgan fingerprint density at radius 2 is 1.81 bits per heavy atom. The van der Waals surface area contributed by atoms with E-state index in [9.17, 15) is 9.59 Å². The van der Waals surface area contributed by atoms with Crippen LogP contribution in [-0.4, -0.2) is 24.1 Å². The summed E-state index contributed by atoms with van der Waals surface area (Å²) in [6.07, 6.45) is 4.45. The van der Waals surface area contributed by atoms with Gasteiger partial charge in [0.2, 0.25) is 11.8 Å². The van der Waals surface area contributed by atoms with Crippen molar-refractivity contribution in [2.45, 2.75) is 37.0 Å². The molecule has 0 radical (unpaired) electrons. The highest BCUT2D eigenvalue weighted by atomic mass is 32.2.